The van der Waals surface area contributed by atoms with Crippen LogP contribution < -0.4 is 15.0 Å². The van der Waals surface area contributed by atoms with Crippen molar-refractivity contribution in [3.05, 3.63) is 51.2 Å². The first-order valence-corrected chi connectivity index (χ1v) is 10.00. The number of fused-ring (bicyclic) bond motifs is 2. The Morgan fingerprint density at radius 2 is 2.07 bits per heavy atom. The van der Waals surface area contributed by atoms with Gasteiger partial charge in [0, 0.05) is 36.7 Å². The van der Waals surface area contributed by atoms with Gasteiger partial charge in [-0.25, -0.2) is 4.98 Å². The number of para-hydroxylation sites is 1. The smallest absolute Gasteiger partial charge is 0.254 e. The van der Waals surface area contributed by atoms with Gasteiger partial charge in [-0.3, -0.25) is 9.69 Å². The van der Waals surface area contributed by atoms with Crippen LogP contribution in [-0.4, -0.2) is 28.2 Å². The Hall–Kier alpha value is -2.34. The molecule has 2 aliphatic heterocycles. The van der Waals surface area contributed by atoms with Crippen molar-refractivity contribution in [1.82, 2.24) is 14.9 Å². The number of aromatic amines is 1. The summed E-state index contributed by atoms with van der Waals surface area (Å²) in [7, 11) is 0. The van der Waals surface area contributed by atoms with E-state index in [1.807, 2.05) is 12.1 Å². The second-order valence-corrected chi connectivity index (χ2v) is 7.82. The van der Waals surface area contributed by atoms with E-state index in [2.05, 4.69) is 16.0 Å². The lowest BCUT2D eigenvalue weighted by Crippen LogP contribution is -2.35. The van der Waals surface area contributed by atoms with E-state index in [0.29, 0.717) is 12.5 Å². The second-order valence-electron chi connectivity index (χ2n) is 7.82. The van der Waals surface area contributed by atoms with Crippen molar-refractivity contribution in [2.75, 3.05) is 13.3 Å². The lowest BCUT2D eigenvalue weighted by Gasteiger charge is -2.29. The number of rotatable bonds is 3. The summed E-state index contributed by atoms with van der Waals surface area (Å²) in [4.78, 5) is 22.9. The quantitative estimate of drug-likeness (QED) is 0.903. The van der Waals surface area contributed by atoms with Gasteiger partial charge < -0.3 is 14.5 Å². The number of benzene rings is 1. The number of H-pyrrole nitrogens is 1. The van der Waals surface area contributed by atoms with Crippen molar-refractivity contribution in [1.29, 1.82) is 0 Å². The first-order valence-electron chi connectivity index (χ1n) is 10.00. The Balaban J connectivity index is 1.38. The molecule has 0 spiro atoms. The Labute approximate surface area is 158 Å². The molecule has 0 unspecified atom stereocenters. The Kier molecular flexibility index (Phi) is 4.36. The summed E-state index contributed by atoms with van der Waals surface area (Å²) in [5.74, 6) is 2.98. The minimum atomic E-state index is 0.0672. The van der Waals surface area contributed by atoms with Crippen LogP contribution >= 0.6 is 0 Å². The first-order chi connectivity index (χ1) is 13.3. The van der Waals surface area contributed by atoms with Crippen molar-refractivity contribution in [3.8, 4) is 11.5 Å². The summed E-state index contributed by atoms with van der Waals surface area (Å²) in [5.41, 5.74) is 3.02. The third-order valence-electron chi connectivity index (χ3n) is 6.03. The molecule has 1 aromatic carbocycles. The van der Waals surface area contributed by atoms with Crippen molar-refractivity contribution in [3.63, 3.8) is 0 Å². The van der Waals surface area contributed by atoms with E-state index in [1.165, 1.54) is 19.3 Å². The van der Waals surface area contributed by atoms with Crippen LogP contribution in [0.5, 0.6) is 11.5 Å². The molecule has 0 amide bonds. The topological polar surface area (TPSA) is 67.5 Å². The molecule has 0 atom stereocenters. The van der Waals surface area contributed by atoms with Crippen LogP contribution in [0.2, 0.25) is 0 Å². The maximum atomic E-state index is 12.6. The number of hydrogen-bond acceptors (Lipinski definition) is 5. The Morgan fingerprint density at radius 3 is 2.96 bits per heavy atom. The molecule has 142 valence electrons. The highest BCUT2D eigenvalue weighted by Crippen LogP contribution is 2.36. The largest absolute Gasteiger partial charge is 0.454 e. The van der Waals surface area contributed by atoms with E-state index in [0.717, 1.165) is 66.5 Å². The monoisotopic (exact) mass is 367 g/mol. The van der Waals surface area contributed by atoms with Crippen molar-refractivity contribution in [2.45, 2.75) is 57.5 Å². The van der Waals surface area contributed by atoms with Gasteiger partial charge in [0.15, 0.2) is 11.5 Å². The molecular weight excluding hydrogens is 342 g/mol. The number of aromatic nitrogens is 2. The fourth-order valence-electron chi connectivity index (χ4n) is 4.57. The van der Waals surface area contributed by atoms with Crippen molar-refractivity contribution >= 4 is 0 Å². The normalized spacial score (nSPS) is 19.9. The average Bonchev–Trinajstić information content (AvgIpc) is 3.18. The highest BCUT2D eigenvalue weighted by molar-refractivity contribution is 5.48. The maximum absolute atomic E-state index is 12.6. The SMILES string of the molecule is O=c1[nH]c(C2CCCCC2)nc2c1CCN(Cc1cccc3c1OCO3)C2. The lowest BCUT2D eigenvalue weighted by atomic mass is 9.88. The lowest BCUT2D eigenvalue weighted by molar-refractivity contribution is 0.171. The van der Waals surface area contributed by atoms with Gasteiger partial charge in [-0.15, -0.1) is 0 Å². The highest BCUT2D eigenvalue weighted by atomic mass is 16.7. The number of nitrogens with one attached hydrogen (secondary N) is 1. The molecule has 1 fully saturated rings. The summed E-state index contributed by atoms with van der Waals surface area (Å²) in [6.45, 7) is 2.63. The number of nitrogens with zero attached hydrogens (tertiary/aromatic N) is 2. The van der Waals surface area contributed by atoms with Gasteiger partial charge in [0.1, 0.15) is 5.82 Å². The number of hydrogen-bond donors (Lipinski definition) is 1. The zero-order valence-corrected chi connectivity index (χ0v) is 15.5. The van der Waals surface area contributed by atoms with E-state index >= 15 is 0 Å². The Morgan fingerprint density at radius 1 is 1.19 bits per heavy atom. The molecular formula is C21H25N3O3. The van der Waals surface area contributed by atoms with Crippen LogP contribution in [0.25, 0.3) is 0 Å². The van der Waals surface area contributed by atoms with Gasteiger partial charge >= 0.3 is 0 Å². The molecule has 1 N–H and O–H groups in total. The zero-order valence-electron chi connectivity index (χ0n) is 15.5. The standard InChI is InChI=1S/C21H25N3O3/c25-21-16-9-10-24(11-15-7-4-8-18-19(15)27-13-26-18)12-17(16)22-20(23-21)14-5-2-1-3-6-14/h4,7-8,14H,1-3,5-6,9-13H2,(H,22,23,25). The van der Waals surface area contributed by atoms with E-state index in [9.17, 15) is 4.79 Å². The van der Waals surface area contributed by atoms with Crippen molar-refractivity contribution in [2.24, 2.45) is 0 Å². The summed E-state index contributed by atoms with van der Waals surface area (Å²) in [5, 5.41) is 0. The van der Waals surface area contributed by atoms with E-state index in [-0.39, 0.29) is 12.4 Å². The second kappa shape index (κ2) is 7.00. The summed E-state index contributed by atoms with van der Waals surface area (Å²) in [6.07, 6.45) is 6.79. The highest BCUT2D eigenvalue weighted by Gasteiger charge is 2.26. The fraction of sp³-hybridized carbons (Fsp3) is 0.524. The summed E-state index contributed by atoms with van der Waals surface area (Å²) < 4.78 is 11.1. The van der Waals surface area contributed by atoms with Crippen LogP contribution in [0.4, 0.5) is 0 Å². The minimum absolute atomic E-state index is 0.0672. The third kappa shape index (κ3) is 3.23. The molecule has 0 radical (unpaired) electrons. The summed E-state index contributed by atoms with van der Waals surface area (Å²) >= 11 is 0. The van der Waals surface area contributed by atoms with Gasteiger partial charge in [0.05, 0.1) is 5.69 Å². The van der Waals surface area contributed by atoms with Crippen LogP contribution in [0, 0.1) is 0 Å². The zero-order chi connectivity index (χ0) is 18.2. The third-order valence-corrected chi connectivity index (χ3v) is 6.03. The van der Waals surface area contributed by atoms with Gasteiger partial charge in [-0.1, -0.05) is 31.4 Å². The molecule has 27 heavy (non-hydrogen) atoms. The minimum Gasteiger partial charge on any atom is -0.454 e. The molecule has 6 nitrogen and oxygen atoms in total. The molecule has 0 saturated heterocycles. The maximum Gasteiger partial charge on any atom is 0.254 e. The molecule has 1 aromatic heterocycles. The van der Waals surface area contributed by atoms with Gasteiger partial charge in [0.25, 0.3) is 5.56 Å². The molecule has 1 saturated carbocycles. The molecule has 6 heteroatoms. The molecule has 0 bridgehead atoms. The van der Waals surface area contributed by atoms with E-state index in [4.69, 9.17) is 14.5 Å². The molecule has 3 heterocycles. The van der Waals surface area contributed by atoms with Gasteiger partial charge in [-0.05, 0) is 25.3 Å². The molecule has 5 rings (SSSR count). The predicted molar refractivity (Wildman–Crippen MR) is 101 cm³/mol. The van der Waals surface area contributed by atoms with Crippen LogP contribution in [0.15, 0.2) is 23.0 Å². The average molecular weight is 367 g/mol. The molecule has 1 aliphatic carbocycles. The van der Waals surface area contributed by atoms with Gasteiger partial charge in [0.2, 0.25) is 6.79 Å². The van der Waals surface area contributed by atoms with Crippen LogP contribution in [0.1, 0.15) is 60.7 Å². The van der Waals surface area contributed by atoms with E-state index in [1.54, 1.807) is 0 Å². The van der Waals surface area contributed by atoms with Crippen LogP contribution in [0.3, 0.4) is 0 Å². The summed E-state index contributed by atoms with van der Waals surface area (Å²) in [6, 6.07) is 6.03. The number of ether oxygens (including phenoxy) is 2. The van der Waals surface area contributed by atoms with Crippen LogP contribution in [-0.2, 0) is 19.5 Å². The van der Waals surface area contributed by atoms with E-state index < -0.39 is 0 Å². The first kappa shape index (κ1) is 16.8. The molecule has 3 aliphatic rings. The fourth-order valence-corrected chi connectivity index (χ4v) is 4.57. The van der Waals surface area contributed by atoms with Gasteiger partial charge in [-0.2, -0.15) is 0 Å². The molecule has 2 aromatic rings. The van der Waals surface area contributed by atoms with Crippen molar-refractivity contribution < 1.29 is 9.47 Å². The Bertz CT molecular complexity index is 902. The predicted octanol–water partition coefficient (Wildman–Crippen LogP) is 3.10.